The molecule has 0 aromatic carbocycles. The lowest BCUT2D eigenvalue weighted by molar-refractivity contribution is 0.359. The number of unbranched alkanes of at least 4 members (excludes halogenated alkanes) is 5. The molecule has 0 aliphatic heterocycles. The van der Waals surface area contributed by atoms with E-state index in [0.717, 1.165) is 0 Å². The maximum Gasteiger partial charge on any atom is 0.0462 e. The van der Waals surface area contributed by atoms with Gasteiger partial charge in [-0.3, -0.25) is 4.98 Å². The van der Waals surface area contributed by atoms with Crippen LogP contribution in [0.5, 0.6) is 0 Å². The third kappa shape index (κ3) is 5.76. The third-order valence-electron chi connectivity index (χ3n) is 4.20. The second-order valence-corrected chi connectivity index (χ2v) is 6.04. The lowest BCUT2D eigenvalue weighted by Gasteiger charge is -2.29. The summed E-state index contributed by atoms with van der Waals surface area (Å²) in [7, 11) is 0. The smallest absolute Gasteiger partial charge is 0.0462 e. The van der Waals surface area contributed by atoms with Crippen molar-refractivity contribution in [3.05, 3.63) is 30.1 Å². The number of hydrogen-bond acceptors (Lipinski definition) is 1. The Morgan fingerprint density at radius 2 is 1.58 bits per heavy atom. The minimum Gasteiger partial charge on any atom is -0.261 e. The summed E-state index contributed by atoms with van der Waals surface area (Å²) in [5.41, 5.74) is 1.57. The molecule has 0 spiro atoms. The monoisotopic (exact) mass is 261 g/mol. The van der Waals surface area contributed by atoms with Crippen LogP contribution in [-0.2, 0) is 5.41 Å². The Bertz CT molecular complexity index is 320. The maximum atomic E-state index is 4.62. The summed E-state index contributed by atoms with van der Waals surface area (Å²) < 4.78 is 0. The quantitative estimate of drug-likeness (QED) is 0.478. The summed E-state index contributed by atoms with van der Waals surface area (Å²) in [5.74, 6) is 0. The predicted molar refractivity (Wildman–Crippen MR) is 84.5 cm³/mol. The summed E-state index contributed by atoms with van der Waals surface area (Å²) in [5, 5.41) is 0. The van der Waals surface area contributed by atoms with Gasteiger partial charge in [0, 0.05) is 17.3 Å². The van der Waals surface area contributed by atoms with E-state index in [4.69, 9.17) is 0 Å². The Hall–Kier alpha value is -0.850. The van der Waals surface area contributed by atoms with Crippen molar-refractivity contribution in [3.63, 3.8) is 0 Å². The molecule has 1 unspecified atom stereocenters. The molecule has 108 valence electrons. The minimum atomic E-state index is 0.281. The van der Waals surface area contributed by atoms with E-state index in [0.29, 0.717) is 0 Å². The zero-order chi connectivity index (χ0) is 14.0. The van der Waals surface area contributed by atoms with Crippen molar-refractivity contribution in [2.24, 2.45) is 0 Å². The van der Waals surface area contributed by atoms with Crippen molar-refractivity contribution in [2.75, 3.05) is 0 Å². The van der Waals surface area contributed by atoms with E-state index in [2.05, 4.69) is 37.9 Å². The van der Waals surface area contributed by atoms with Crippen LogP contribution in [0.2, 0.25) is 0 Å². The van der Waals surface area contributed by atoms with Gasteiger partial charge >= 0.3 is 0 Å². The molecule has 1 aromatic heterocycles. The van der Waals surface area contributed by atoms with Gasteiger partial charge in [-0.1, -0.05) is 71.8 Å². The first kappa shape index (κ1) is 16.2. The zero-order valence-corrected chi connectivity index (χ0v) is 13.1. The molecular formula is C18H31N. The second-order valence-electron chi connectivity index (χ2n) is 6.04. The normalized spacial score (nSPS) is 14.3. The lowest BCUT2D eigenvalue weighted by atomic mass is 9.77. The molecule has 0 amide bonds. The summed E-state index contributed by atoms with van der Waals surface area (Å²) >= 11 is 0. The van der Waals surface area contributed by atoms with Gasteiger partial charge in [-0.2, -0.15) is 0 Å². The molecule has 0 bridgehead atoms. The van der Waals surface area contributed by atoms with Crippen LogP contribution in [0.15, 0.2) is 24.4 Å². The van der Waals surface area contributed by atoms with Gasteiger partial charge in [0.05, 0.1) is 0 Å². The Kier molecular flexibility index (Phi) is 7.78. The molecule has 0 aliphatic rings. The molecule has 0 N–H and O–H groups in total. The summed E-state index contributed by atoms with van der Waals surface area (Å²) in [6.07, 6.45) is 13.9. The van der Waals surface area contributed by atoms with Crippen LogP contribution in [-0.4, -0.2) is 4.98 Å². The number of pyridine rings is 1. The first-order valence-electron chi connectivity index (χ1n) is 8.14. The molecule has 1 atom stereocenters. The van der Waals surface area contributed by atoms with Gasteiger partial charge in [-0.15, -0.1) is 0 Å². The molecule has 0 fully saturated rings. The van der Waals surface area contributed by atoms with Gasteiger partial charge < -0.3 is 0 Å². The van der Waals surface area contributed by atoms with Gasteiger partial charge in [0.15, 0.2) is 0 Å². The number of rotatable bonds is 10. The highest BCUT2D eigenvalue weighted by molar-refractivity contribution is 5.15. The first-order valence-corrected chi connectivity index (χ1v) is 8.14. The fraction of sp³-hybridized carbons (Fsp3) is 0.722. The van der Waals surface area contributed by atoms with Crippen LogP contribution < -0.4 is 0 Å². The lowest BCUT2D eigenvalue weighted by Crippen LogP contribution is -2.23. The number of hydrogen-bond donors (Lipinski definition) is 0. The highest BCUT2D eigenvalue weighted by Gasteiger charge is 2.26. The maximum absolute atomic E-state index is 4.62. The topological polar surface area (TPSA) is 12.9 Å². The molecule has 1 aromatic rings. The molecule has 1 heteroatoms. The van der Waals surface area contributed by atoms with Crippen molar-refractivity contribution in [3.8, 4) is 0 Å². The Balaban J connectivity index is 2.55. The van der Waals surface area contributed by atoms with E-state index in [9.17, 15) is 0 Å². The standard InChI is InChI=1S/C18H31N/c1-4-6-8-9-11-15-18(3,14-7-5-2)17-13-10-12-16-19-17/h10,12-13,16H,4-9,11,14-15H2,1-3H3. The van der Waals surface area contributed by atoms with Crippen LogP contribution in [0.25, 0.3) is 0 Å². The highest BCUT2D eigenvalue weighted by Crippen LogP contribution is 2.33. The van der Waals surface area contributed by atoms with Crippen LogP contribution in [0.4, 0.5) is 0 Å². The Morgan fingerprint density at radius 3 is 2.21 bits per heavy atom. The van der Waals surface area contributed by atoms with E-state index in [-0.39, 0.29) is 5.41 Å². The summed E-state index contributed by atoms with van der Waals surface area (Å²) in [6.45, 7) is 6.96. The van der Waals surface area contributed by atoms with E-state index in [1.807, 2.05) is 12.3 Å². The second kappa shape index (κ2) is 9.12. The first-order chi connectivity index (χ1) is 9.23. The van der Waals surface area contributed by atoms with Crippen LogP contribution in [0.1, 0.15) is 84.3 Å². The van der Waals surface area contributed by atoms with Crippen molar-refractivity contribution >= 4 is 0 Å². The van der Waals surface area contributed by atoms with Crippen molar-refractivity contribution in [1.29, 1.82) is 0 Å². The molecule has 1 nitrogen and oxygen atoms in total. The van der Waals surface area contributed by atoms with E-state index in [1.165, 1.54) is 63.5 Å². The summed E-state index contributed by atoms with van der Waals surface area (Å²) in [6, 6.07) is 6.36. The van der Waals surface area contributed by atoms with E-state index < -0.39 is 0 Å². The van der Waals surface area contributed by atoms with Crippen LogP contribution in [0, 0.1) is 0 Å². The van der Waals surface area contributed by atoms with Gasteiger partial charge in [-0.05, 0) is 25.0 Å². The van der Waals surface area contributed by atoms with E-state index in [1.54, 1.807) is 0 Å². The summed E-state index contributed by atoms with van der Waals surface area (Å²) in [4.78, 5) is 4.62. The fourth-order valence-corrected chi connectivity index (χ4v) is 2.79. The molecule has 19 heavy (non-hydrogen) atoms. The number of nitrogens with zero attached hydrogens (tertiary/aromatic N) is 1. The van der Waals surface area contributed by atoms with Gasteiger partial charge in [-0.25, -0.2) is 0 Å². The van der Waals surface area contributed by atoms with Gasteiger partial charge in [0.25, 0.3) is 0 Å². The molecule has 0 saturated carbocycles. The fourth-order valence-electron chi connectivity index (χ4n) is 2.79. The van der Waals surface area contributed by atoms with Crippen molar-refractivity contribution in [2.45, 2.75) is 84.0 Å². The number of aromatic nitrogens is 1. The predicted octanol–water partition coefficient (Wildman–Crippen LogP) is 5.89. The molecule has 0 radical (unpaired) electrons. The van der Waals surface area contributed by atoms with Gasteiger partial charge in [0.2, 0.25) is 0 Å². The molecular weight excluding hydrogens is 230 g/mol. The molecule has 0 saturated heterocycles. The average molecular weight is 261 g/mol. The van der Waals surface area contributed by atoms with Crippen LogP contribution >= 0.6 is 0 Å². The third-order valence-corrected chi connectivity index (χ3v) is 4.20. The SMILES string of the molecule is CCCCCCCC(C)(CCCC)c1ccccn1. The highest BCUT2D eigenvalue weighted by atomic mass is 14.7. The van der Waals surface area contributed by atoms with Gasteiger partial charge in [0.1, 0.15) is 0 Å². The van der Waals surface area contributed by atoms with Crippen LogP contribution in [0.3, 0.4) is 0 Å². The zero-order valence-electron chi connectivity index (χ0n) is 13.1. The van der Waals surface area contributed by atoms with E-state index >= 15 is 0 Å². The minimum absolute atomic E-state index is 0.281. The Labute approximate surface area is 119 Å². The largest absolute Gasteiger partial charge is 0.261 e. The van der Waals surface area contributed by atoms with Crippen molar-refractivity contribution < 1.29 is 0 Å². The average Bonchev–Trinajstić information content (AvgIpc) is 2.46. The van der Waals surface area contributed by atoms with Crippen molar-refractivity contribution in [1.82, 2.24) is 4.98 Å². The molecule has 0 aliphatic carbocycles. The molecule has 1 rings (SSSR count). The Morgan fingerprint density at radius 1 is 0.895 bits per heavy atom. The molecule has 1 heterocycles.